The van der Waals surface area contributed by atoms with E-state index in [0.29, 0.717) is 6.42 Å². The van der Waals surface area contributed by atoms with E-state index in [-0.39, 0.29) is 12.5 Å². The third-order valence-electron chi connectivity index (χ3n) is 12.0. The van der Waals surface area contributed by atoms with Crippen LogP contribution in [0.3, 0.4) is 0 Å². The summed E-state index contributed by atoms with van der Waals surface area (Å²) in [7, 11) is 0. The molecule has 4 nitrogen and oxygen atoms in total. The first-order valence-electron chi connectivity index (χ1n) is 26.4. The second-order valence-electron chi connectivity index (χ2n) is 17.9. The average Bonchev–Trinajstić information content (AvgIpc) is 3.24. The van der Waals surface area contributed by atoms with Crippen LogP contribution < -0.4 is 5.32 Å². The van der Waals surface area contributed by atoms with Crippen LogP contribution >= 0.6 is 0 Å². The molecule has 3 N–H and O–H groups in total. The molecule has 0 aliphatic rings. The monoisotopic (exact) mass is 826 g/mol. The number of unbranched alkanes of at least 4 members (excludes halogenated alkanes) is 35. The third kappa shape index (κ3) is 47.3. The Bertz CT molecular complexity index is 939. The zero-order valence-corrected chi connectivity index (χ0v) is 39.8. The summed E-state index contributed by atoms with van der Waals surface area (Å²) < 4.78 is 0. The van der Waals surface area contributed by atoms with Gasteiger partial charge in [0.1, 0.15) is 0 Å². The summed E-state index contributed by atoms with van der Waals surface area (Å²) in [4.78, 5) is 12.4. The van der Waals surface area contributed by atoms with Crippen molar-refractivity contribution >= 4 is 5.91 Å². The summed E-state index contributed by atoms with van der Waals surface area (Å²) in [5.74, 6) is -0.0764. The van der Waals surface area contributed by atoms with Crippen LogP contribution in [0.25, 0.3) is 0 Å². The Hall–Kier alpha value is -1.65. The molecule has 4 heteroatoms. The number of aliphatic hydroxyl groups is 2. The van der Waals surface area contributed by atoms with E-state index in [9.17, 15) is 15.0 Å². The van der Waals surface area contributed by atoms with Gasteiger partial charge in [-0.05, 0) is 70.6 Å². The van der Waals surface area contributed by atoms with Gasteiger partial charge < -0.3 is 15.5 Å². The molecule has 0 radical (unpaired) electrons. The molecule has 2 atom stereocenters. The van der Waals surface area contributed by atoms with Crippen LogP contribution in [-0.4, -0.2) is 34.9 Å². The molecule has 0 saturated carbocycles. The first-order chi connectivity index (χ1) is 29.2. The van der Waals surface area contributed by atoms with Crippen molar-refractivity contribution in [3.8, 4) is 0 Å². The van der Waals surface area contributed by atoms with E-state index in [1.807, 2.05) is 6.08 Å². The van der Waals surface area contributed by atoms with Gasteiger partial charge in [0.25, 0.3) is 0 Å². The maximum Gasteiger partial charge on any atom is 0.220 e. The molecule has 59 heavy (non-hydrogen) atoms. The number of carbonyl (C=O) groups is 1. The van der Waals surface area contributed by atoms with Crippen molar-refractivity contribution < 1.29 is 15.0 Å². The molecule has 0 spiro atoms. The average molecular weight is 826 g/mol. The minimum atomic E-state index is -0.871. The molecule has 0 aromatic carbocycles. The predicted molar refractivity (Wildman–Crippen MR) is 262 cm³/mol. The van der Waals surface area contributed by atoms with Crippen LogP contribution in [0.5, 0.6) is 0 Å². The van der Waals surface area contributed by atoms with Crippen LogP contribution in [0.4, 0.5) is 0 Å². The molecule has 0 saturated heterocycles. The van der Waals surface area contributed by atoms with E-state index in [0.717, 1.165) is 38.5 Å². The number of allylic oxidation sites excluding steroid dienone is 7. The number of amides is 1. The highest BCUT2D eigenvalue weighted by Gasteiger charge is 2.17. The first kappa shape index (κ1) is 57.3. The van der Waals surface area contributed by atoms with Crippen LogP contribution in [-0.2, 0) is 4.79 Å². The van der Waals surface area contributed by atoms with Gasteiger partial charge in [0.15, 0.2) is 0 Å². The zero-order valence-electron chi connectivity index (χ0n) is 39.8. The minimum absolute atomic E-state index is 0.0764. The molecule has 2 unspecified atom stereocenters. The highest BCUT2D eigenvalue weighted by molar-refractivity contribution is 5.76. The lowest BCUT2D eigenvalue weighted by Gasteiger charge is -2.19. The van der Waals surface area contributed by atoms with Crippen molar-refractivity contribution in [2.75, 3.05) is 6.61 Å². The lowest BCUT2D eigenvalue weighted by molar-refractivity contribution is -0.123. The topological polar surface area (TPSA) is 69.6 Å². The Morgan fingerprint density at radius 1 is 0.390 bits per heavy atom. The summed E-state index contributed by atoms with van der Waals surface area (Å²) in [5.41, 5.74) is 0. The highest BCUT2D eigenvalue weighted by atomic mass is 16.3. The summed E-state index contributed by atoms with van der Waals surface area (Å²) in [5, 5.41) is 23.1. The van der Waals surface area contributed by atoms with Crippen molar-refractivity contribution in [2.24, 2.45) is 0 Å². The predicted octanol–water partition coefficient (Wildman–Crippen LogP) is 17.1. The normalized spacial score (nSPS) is 13.2. The Labute approximate surface area is 369 Å². The van der Waals surface area contributed by atoms with Crippen LogP contribution in [0.2, 0.25) is 0 Å². The fourth-order valence-electron chi connectivity index (χ4n) is 7.97. The quantitative estimate of drug-likeness (QED) is 0.0423. The van der Waals surface area contributed by atoms with E-state index in [2.05, 4.69) is 55.6 Å². The number of hydrogen-bond acceptors (Lipinski definition) is 3. The molecular formula is C55H103NO3. The smallest absolute Gasteiger partial charge is 0.220 e. The highest BCUT2D eigenvalue weighted by Crippen LogP contribution is 2.16. The SMILES string of the molecule is CCCCCCCCCCC/C=C/CC/C=C/CC/C=C/C(O)C(CO)NC(=O)CCCCCCCCCCCCCC/C=C\CCCCCCCCCCCCCC. The molecule has 0 heterocycles. The fourth-order valence-corrected chi connectivity index (χ4v) is 7.97. The number of rotatable bonds is 48. The second kappa shape index (κ2) is 50.7. The summed E-state index contributed by atoms with van der Waals surface area (Å²) in [6.45, 7) is 4.31. The Kier molecular flexibility index (Phi) is 49.3. The number of nitrogens with one attached hydrogen (secondary N) is 1. The van der Waals surface area contributed by atoms with E-state index in [1.54, 1.807) is 6.08 Å². The third-order valence-corrected chi connectivity index (χ3v) is 12.0. The Morgan fingerprint density at radius 3 is 0.983 bits per heavy atom. The summed E-state index contributed by atoms with van der Waals surface area (Å²) >= 11 is 0. The molecule has 0 aliphatic carbocycles. The van der Waals surface area contributed by atoms with Gasteiger partial charge in [0, 0.05) is 6.42 Å². The van der Waals surface area contributed by atoms with Gasteiger partial charge in [-0.3, -0.25) is 4.79 Å². The van der Waals surface area contributed by atoms with Gasteiger partial charge in [-0.1, -0.05) is 249 Å². The van der Waals surface area contributed by atoms with E-state index < -0.39 is 12.1 Å². The summed E-state index contributed by atoms with van der Waals surface area (Å²) in [6, 6.07) is -0.646. The fraction of sp³-hybridized carbons (Fsp3) is 0.836. The Balaban J connectivity index is 3.54. The molecule has 0 rings (SSSR count). The van der Waals surface area contributed by atoms with E-state index in [1.165, 1.54) is 218 Å². The maximum absolute atomic E-state index is 12.4. The number of hydrogen-bond donors (Lipinski definition) is 3. The largest absolute Gasteiger partial charge is 0.394 e. The van der Waals surface area contributed by atoms with Gasteiger partial charge in [-0.15, -0.1) is 0 Å². The molecule has 0 aliphatic heterocycles. The van der Waals surface area contributed by atoms with Crippen molar-refractivity contribution in [3.63, 3.8) is 0 Å². The number of aliphatic hydroxyl groups excluding tert-OH is 2. The van der Waals surface area contributed by atoms with Crippen molar-refractivity contribution in [1.29, 1.82) is 0 Å². The maximum atomic E-state index is 12.4. The molecule has 1 amide bonds. The van der Waals surface area contributed by atoms with Crippen LogP contribution in [0, 0.1) is 0 Å². The van der Waals surface area contributed by atoms with Crippen molar-refractivity contribution in [2.45, 2.75) is 289 Å². The lowest BCUT2D eigenvalue weighted by Crippen LogP contribution is -2.45. The van der Waals surface area contributed by atoms with Crippen LogP contribution in [0.1, 0.15) is 277 Å². The molecule has 346 valence electrons. The van der Waals surface area contributed by atoms with Gasteiger partial charge in [-0.25, -0.2) is 0 Å². The minimum Gasteiger partial charge on any atom is -0.394 e. The van der Waals surface area contributed by atoms with Gasteiger partial charge in [-0.2, -0.15) is 0 Å². The van der Waals surface area contributed by atoms with Crippen LogP contribution in [0.15, 0.2) is 48.6 Å². The molecular weight excluding hydrogens is 723 g/mol. The van der Waals surface area contributed by atoms with Crippen molar-refractivity contribution in [1.82, 2.24) is 5.32 Å². The van der Waals surface area contributed by atoms with E-state index in [4.69, 9.17) is 0 Å². The standard InChI is InChI=1S/C55H103NO3/c1-3-5-7-9-11-13-15-17-19-21-23-24-25-26-27-28-29-30-31-33-35-37-39-41-43-45-47-49-51-55(59)56-53(52-57)54(58)50-48-46-44-42-40-38-36-34-32-22-20-18-16-14-12-10-8-6-4-2/h26-27,32,34,40,42,48,50,53-54,57-58H,3-25,28-31,33,35-39,41,43-47,49,51-52H2,1-2H3,(H,56,59)/b27-26-,34-32+,42-40+,50-48+. The van der Waals surface area contributed by atoms with Gasteiger partial charge in [0.2, 0.25) is 5.91 Å². The molecule has 0 fully saturated rings. The molecule has 0 aromatic heterocycles. The second-order valence-corrected chi connectivity index (χ2v) is 17.9. The lowest BCUT2D eigenvalue weighted by atomic mass is 10.0. The van der Waals surface area contributed by atoms with Gasteiger partial charge >= 0.3 is 0 Å². The zero-order chi connectivity index (χ0) is 42.8. The van der Waals surface area contributed by atoms with Crippen molar-refractivity contribution in [3.05, 3.63) is 48.6 Å². The Morgan fingerprint density at radius 2 is 0.661 bits per heavy atom. The molecule has 0 aromatic rings. The number of carbonyl (C=O) groups excluding carboxylic acids is 1. The first-order valence-corrected chi connectivity index (χ1v) is 26.4. The van der Waals surface area contributed by atoms with E-state index >= 15 is 0 Å². The molecule has 0 bridgehead atoms. The summed E-state index contributed by atoms with van der Waals surface area (Å²) in [6.07, 6.45) is 69.7. The van der Waals surface area contributed by atoms with Gasteiger partial charge in [0.05, 0.1) is 18.8 Å².